The Balaban J connectivity index is 2.26. The summed E-state index contributed by atoms with van der Waals surface area (Å²) in [6.45, 7) is 0.345. The van der Waals surface area contributed by atoms with Crippen LogP contribution in [-0.2, 0) is 11.1 Å². The lowest BCUT2D eigenvalue weighted by atomic mass is 10.3. The third-order valence-corrected chi connectivity index (χ3v) is 2.37. The zero-order valence-electron chi connectivity index (χ0n) is 7.52. The van der Waals surface area contributed by atoms with Gasteiger partial charge in [0.15, 0.2) is 11.1 Å². The van der Waals surface area contributed by atoms with Crippen LogP contribution in [-0.4, -0.2) is 20.8 Å². The van der Waals surface area contributed by atoms with Gasteiger partial charge in [-0.05, 0) is 12.1 Å². The summed E-state index contributed by atoms with van der Waals surface area (Å²) in [5.74, 6) is 0. The first-order valence-corrected chi connectivity index (χ1v) is 5.40. The lowest BCUT2D eigenvalue weighted by molar-refractivity contribution is 0.396. The van der Waals surface area contributed by atoms with Crippen LogP contribution in [0.4, 0.5) is 10.1 Å². The molecule has 1 aromatic rings. The van der Waals surface area contributed by atoms with E-state index in [4.69, 9.17) is 4.55 Å². The van der Waals surface area contributed by atoms with E-state index in [2.05, 4.69) is 5.32 Å². The number of benzene rings is 1. The van der Waals surface area contributed by atoms with Crippen LogP contribution < -0.4 is 5.32 Å². The van der Waals surface area contributed by atoms with Gasteiger partial charge in [0.2, 0.25) is 5.50 Å². The average Bonchev–Trinajstić information content (AvgIpc) is 2.19. The number of anilines is 1. The SMILES string of the molecule is O=S(O)C(F)CCNc1ccccc1. The van der Waals surface area contributed by atoms with Crippen LogP contribution >= 0.6 is 0 Å². The summed E-state index contributed by atoms with van der Waals surface area (Å²) in [5.41, 5.74) is -0.797. The Morgan fingerprint density at radius 2 is 2.07 bits per heavy atom. The van der Waals surface area contributed by atoms with E-state index >= 15 is 0 Å². The van der Waals surface area contributed by atoms with Crippen LogP contribution in [0.25, 0.3) is 0 Å². The molecule has 0 saturated carbocycles. The number of rotatable bonds is 5. The summed E-state index contributed by atoms with van der Waals surface area (Å²) < 4.78 is 31.3. The summed E-state index contributed by atoms with van der Waals surface area (Å²) in [6.07, 6.45) is 0.0258. The first-order chi connectivity index (χ1) is 6.70. The number of hydrogen-bond donors (Lipinski definition) is 2. The molecule has 2 unspecified atom stereocenters. The molecule has 5 heteroatoms. The Bertz CT molecular complexity index is 294. The van der Waals surface area contributed by atoms with E-state index in [1.807, 2.05) is 30.3 Å². The van der Waals surface area contributed by atoms with Crippen LogP contribution in [0.15, 0.2) is 30.3 Å². The van der Waals surface area contributed by atoms with Gasteiger partial charge in [-0.25, -0.2) is 8.60 Å². The molecule has 14 heavy (non-hydrogen) atoms. The number of halogens is 1. The number of alkyl halides is 1. The van der Waals surface area contributed by atoms with Gasteiger partial charge < -0.3 is 9.87 Å². The molecule has 1 aromatic carbocycles. The molecule has 0 spiro atoms. The second kappa shape index (κ2) is 5.72. The van der Waals surface area contributed by atoms with Crippen LogP contribution in [0.5, 0.6) is 0 Å². The van der Waals surface area contributed by atoms with Gasteiger partial charge in [0.05, 0.1) is 0 Å². The molecule has 2 N–H and O–H groups in total. The highest BCUT2D eigenvalue weighted by Gasteiger charge is 2.11. The quantitative estimate of drug-likeness (QED) is 0.742. The summed E-state index contributed by atoms with van der Waals surface area (Å²) in [4.78, 5) is 0. The van der Waals surface area contributed by atoms with Crippen molar-refractivity contribution in [1.82, 2.24) is 0 Å². The minimum atomic E-state index is -2.37. The lowest BCUT2D eigenvalue weighted by Gasteiger charge is -2.06. The summed E-state index contributed by atoms with van der Waals surface area (Å²) >= 11 is -2.37. The molecular weight excluding hydrogens is 205 g/mol. The fourth-order valence-corrected chi connectivity index (χ4v) is 1.31. The van der Waals surface area contributed by atoms with E-state index in [-0.39, 0.29) is 6.42 Å². The maximum absolute atomic E-state index is 12.6. The van der Waals surface area contributed by atoms with Gasteiger partial charge in [-0.2, -0.15) is 0 Å². The van der Waals surface area contributed by atoms with E-state index in [1.165, 1.54) is 0 Å². The molecule has 1 rings (SSSR count). The van der Waals surface area contributed by atoms with Crippen molar-refractivity contribution in [3.05, 3.63) is 30.3 Å². The van der Waals surface area contributed by atoms with Crippen molar-refractivity contribution in [1.29, 1.82) is 0 Å². The largest absolute Gasteiger partial charge is 0.385 e. The number of hydrogen-bond acceptors (Lipinski definition) is 2. The van der Waals surface area contributed by atoms with E-state index in [0.717, 1.165) is 5.69 Å². The Labute approximate surface area is 84.6 Å². The molecule has 0 bridgehead atoms. The Morgan fingerprint density at radius 1 is 1.43 bits per heavy atom. The maximum Gasteiger partial charge on any atom is 0.201 e. The van der Waals surface area contributed by atoms with E-state index < -0.39 is 16.6 Å². The molecule has 0 fully saturated rings. The number of nitrogens with one attached hydrogen (secondary N) is 1. The highest BCUT2D eigenvalue weighted by atomic mass is 32.2. The molecule has 0 heterocycles. The third kappa shape index (κ3) is 3.85. The first-order valence-electron chi connectivity index (χ1n) is 4.23. The third-order valence-electron chi connectivity index (χ3n) is 1.69. The molecule has 0 aliphatic rings. The van der Waals surface area contributed by atoms with Crippen LogP contribution in [0, 0.1) is 0 Å². The predicted molar refractivity (Wildman–Crippen MR) is 55.2 cm³/mol. The Hall–Kier alpha value is -0.940. The zero-order valence-corrected chi connectivity index (χ0v) is 8.34. The second-order valence-corrected chi connectivity index (χ2v) is 3.83. The van der Waals surface area contributed by atoms with Crippen molar-refractivity contribution >= 4 is 16.8 Å². The molecule has 0 saturated heterocycles. The smallest absolute Gasteiger partial charge is 0.201 e. The van der Waals surface area contributed by atoms with Crippen LogP contribution in [0.2, 0.25) is 0 Å². The standard InChI is InChI=1S/C9H12FNO2S/c10-9(14(12)13)6-7-11-8-4-2-1-3-5-8/h1-5,9,11H,6-7H2,(H,12,13). The van der Waals surface area contributed by atoms with Crippen molar-refractivity contribution < 1.29 is 13.2 Å². The minimum absolute atomic E-state index is 0.0258. The van der Waals surface area contributed by atoms with Crippen molar-refractivity contribution in [2.45, 2.75) is 11.9 Å². The van der Waals surface area contributed by atoms with Crippen molar-refractivity contribution in [2.24, 2.45) is 0 Å². The fourth-order valence-electron chi connectivity index (χ4n) is 0.987. The molecule has 3 nitrogen and oxygen atoms in total. The molecule has 0 aliphatic carbocycles. The molecule has 78 valence electrons. The van der Waals surface area contributed by atoms with Crippen LogP contribution in [0.3, 0.4) is 0 Å². The maximum atomic E-state index is 12.6. The molecular formula is C9H12FNO2S. The lowest BCUT2D eigenvalue weighted by Crippen LogP contribution is -2.13. The summed E-state index contributed by atoms with van der Waals surface area (Å²) in [7, 11) is 0. The van der Waals surface area contributed by atoms with Gasteiger partial charge in [-0.15, -0.1) is 0 Å². The van der Waals surface area contributed by atoms with Gasteiger partial charge in [-0.1, -0.05) is 18.2 Å². The highest BCUT2D eigenvalue weighted by molar-refractivity contribution is 7.79. The van der Waals surface area contributed by atoms with E-state index in [0.29, 0.717) is 6.54 Å². The van der Waals surface area contributed by atoms with Gasteiger partial charge >= 0.3 is 0 Å². The van der Waals surface area contributed by atoms with Gasteiger partial charge in [0, 0.05) is 18.7 Å². The average molecular weight is 217 g/mol. The Kier molecular flexibility index (Phi) is 4.55. The predicted octanol–water partition coefficient (Wildman–Crippen LogP) is 2.01. The topological polar surface area (TPSA) is 49.3 Å². The highest BCUT2D eigenvalue weighted by Crippen LogP contribution is 2.07. The normalized spacial score (nSPS) is 14.7. The van der Waals surface area contributed by atoms with Crippen molar-refractivity contribution in [3.8, 4) is 0 Å². The molecule has 0 radical (unpaired) electrons. The minimum Gasteiger partial charge on any atom is -0.385 e. The summed E-state index contributed by atoms with van der Waals surface area (Å²) in [5, 5.41) is 2.94. The molecule has 2 atom stereocenters. The van der Waals surface area contributed by atoms with Crippen LogP contribution in [0.1, 0.15) is 6.42 Å². The monoisotopic (exact) mass is 217 g/mol. The molecule has 0 aromatic heterocycles. The molecule has 0 amide bonds. The van der Waals surface area contributed by atoms with E-state index in [1.54, 1.807) is 0 Å². The van der Waals surface area contributed by atoms with Gasteiger partial charge in [-0.3, -0.25) is 0 Å². The van der Waals surface area contributed by atoms with E-state index in [9.17, 15) is 8.60 Å². The number of para-hydroxylation sites is 1. The first kappa shape index (κ1) is 11.1. The van der Waals surface area contributed by atoms with Gasteiger partial charge in [0.25, 0.3) is 0 Å². The summed E-state index contributed by atoms with van der Waals surface area (Å²) in [6, 6.07) is 9.30. The second-order valence-electron chi connectivity index (χ2n) is 2.77. The van der Waals surface area contributed by atoms with Crippen molar-refractivity contribution in [3.63, 3.8) is 0 Å². The van der Waals surface area contributed by atoms with Crippen molar-refractivity contribution in [2.75, 3.05) is 11.9 Å². The molecule has 0 aliphatic heterocycles. The zero-order chi connectivity index (χ0) is 10.4. The van der Waals surface area contributed by atoms with Gasteiger partial charge in [0.1, 0.15) is 0 Å². The Morgan fingerprint density at radius 3 is 2.64 bits per heavy atom. The fraction of sp³-hybridized carbons (Fsp3) is 0.333.